The summed E-state index contributed by atoms with van der Waals surface area (Å²) >= 11 is 0. The molecule has 0 unspecified atom stereocenters. The maximum atomic E-state index is 5.88. The number of para-hydroxylation sites is 1. The molecule has 0 amide bonds. The lowest BCUT2D eigenvalue weighted by Crippen LogP contribution is -2.28. The predicted molar refractivity (Wildman–Crippen MR) is 73.7 cm³/mol. The maximum Gasteiger partial charge on any atom is 0.122 e. The molecule has 1 aromatic carbocycles. The van der Waals surface area contributed by atoms with Gasteiger partial charge in [0.25, 0.3) is 0 Å². The lowest BCUT2D eigenvalue weighted by atomic mass is 10.1. The van der Waals surface area contributed by atoms with Gasteiger partial charge in [0, 0.05) is 6.54 Å². The Morgan fingerprint density at radius 1 is 1.06 bits per heavy atom. The van der Waals surface area contributed by atoms with E-state index in [0.29, 0.717) is 0 Å². The zero-order valence-electron chi connectivity index (χ0n) is 11.4. The Morgan fingerprint density at radius 2 is 1.76 bits per heavy atom. The Labute approximate surface area is 106 Å². The smallest absolute Gasteiger partial charge is 0.122 e. The van der Waals surface area contributed by atoms with Crippen molar-refractivity contribution in [3.05, 3.63) is 29.8 Å². The molecule has 96 valence electrons. The Hall–Kier alpha value is -1.02. The van der Waals surface area contributed by atoms with Gasteiger partial charge < -0.3 is 9.64 Å². The third kappa shape index (κ3) is 4.78. The van der Waals surface area contributed by atoms with Crippen molar-refractivity contribution in [1.82, 2.24) is 4.90 Å². The minimum absolute atomic E-state index is 0.780. The van der Waals surface area contributed by atoms with Crippen LogP contribution in [0.5, 0.6) is 5.75 Å². The zero-order valence-corrected chi connectivity index (χ0v) is 11.4. The molecule has 0 aliphatic heterocycles. The normalized spacial score (nSPS) is 10.8. The number of ether oxygens (including phenoxy) is 1. The molecule has 0 aliphatic rings. The fourth-order valence-corrected chi connectivity index (χ4v) is 1.95. The highest BCUT2D eigenvalue weighted by atomic mass is 16.5. The second-order valence-electron chi connectivity index (χ2n) is 4.23. The van der Waals surface area contributed by atoms with Gasteiger partial charge in [-0.2, -0.15) is 0 Å². The van der Waals surface area contributed by atoms with Crippen molar-refractivity contribution in [2.45, 2.75) is 33.6 Å². The van der Waals surface area contributed by atoms with Crippen LogP contribution in [0.3, 0.4) is 0 Å². The van der Waals surface area contributed by atoms with Crippen molar-refractivity contribution >= 4 is 0 Å². The summed E-state index contributed by atoms with van der Waals surface area (Å²) in [5.41, 5.74) is 1.33. The standard InChI is InChI=1S/C15H25NO/c1-4-9-14-10-7-8-11-15(14)17-13-12-16(5-2)6-3/h7-8,10-11H,4-6,9,12-13H2,1-3H3. The van der Waals surface area contributed by atoms with Crippen LogP contribution in [0, 0.1) is 0 Å². The fraction of sp³-hybridized carbons (Fsp3) is 0.600. The van der Waals surface area contributed by atoms with Gasteiger partial charge in [-0.1, -0.05) is 45.4 Å². The minimum atomic E-state index is 0.780. The van der Waals surface area contributed by atoms with E-state index in [2.05, 4.69) is 43.9 Å². The van der Waals surface area contributed by atoms with Crippen molar-refractivity contribution in [2.75, 3.05) is 26.2 Å². The number of nitrogens with zero attached hydrogens (tertiary/aromatic N) is 1. The van der Waals surface area contributed by atoms with Crippen molar-refractivity contribution in [1.29, 1.82) is 0 Å². The maximum absolute atomic E-state index is 5.88. The Bertz CT molecular complexity index is 308. The van der Waals surface area contributed by atoms with Crippen molar-refractivity contribution < 1.29 is 4.74 Å². The Morgan fingerprint density at radius 3 is 2.41 bits per heavy atom. The van der Waals surface area contributed by atoms with Gasteiger partial charge in [0.2, 0.25) is 0 Å². The monoisotopic (exact) mass is 235 g/mol. The third-order valence-electron chi connectivity index (χ3n) is 3.05. The van der Waals surface area contributed by atoms with Crippen LogP contribution in [0.4, 0.5) is 0 Å². The highest BCUT2D eigenvalue weighted by molar-refractivity contribution is 5.33. The van der Waals surface area contributed by atoms with Gasteiger partial charge in [-0.25, -0.2) is 0 Å². The molecule has 0 N–H and O–H groups in total. The van der Waals surface area contributed by atoms with Gasteiger partial charge in [0.05, 0.1) is 0 Å². The predicted octanol–water partition coefficient (Wildman–Crippen LogP) is 3.36. The molecule has 1 rings (SSSR count). The van der Waals surface area contributed by atoms with Crippen LogP contribution < -0.4 is 4.74 Å². The first-order chi connectivity index (χ1) is 8.31. The van der Waals surface area contributed by atoms with E-state index in [1.165, 1.54) is 5.56 Å². The molecule has 0 bridgehead atoms. The number of hydrogen-bond acceptors (Lipinski definition) is 2. The van der Waals surface area contributed by atoms with Gasteiger partial charge in [-0.3, -0.25) is 0 Å². The average Bonchev–Trinajstić information content (AvgIpc) is 2.37. The lowest BCUT2D eigenvalue weighted by molar-refractivity contribution is 0.221. The molecule has 0 fully saturated rings. The summed E-state index contributed by atoms with van der Waals surface area (Å²) in [5.74, 6) is 1.06. The van der Waals surface area contributed by atoms with E-state index < -0.39 is 0 Å². The first-order valence-electron chi connectivity index (χ1n) is 6.74. The van der Waals surface area contributed by atoms with Gasteiger partial charge in [0.1, 0.15) is 12.4 Å². The minimum Gasteiger partial charge on any atom is -0.492 e. The molecule has 0 radical (unpaired) electrons. The molecule has 0 spiro atoms. The van der Waals surface area contributed by atoms with Gasteiger partial charge >= 0.3 is 0 Å². The molecule has 0 aliphatic carbocycles. The van der Waals surface area contributed by atoms with Crippen LogP contribution in [0.1, 0.15) is 32.8 Å². The highest BCUT2D eigenvalue weighted by Gasteiger charge is 2.03. The van der Waals surface area contributed by atoms with Crippen LogP contribution in [-0.2, 0) is 6.42 Å². The van der Waals surface area contributed by atoms with E-state index in [-0.39, 0.29) is 0 Å². The summed E-state index contributed by atoms with van der Waals surface area (Å²) in [4.78, 5) is 2.38. The van der Waals surface area contributed by atoms with Crippen LogP contribution in [-0.4, -0.2) is 31.1 Å². The Kier molecular flexibility index (Phi) is 6.71. The van der Waals surface area contributed by atoms with E-state index in [0.717, 1.165) is 44.8 Å². The van der Waals surface area contributed by atoms with Crippen molar-refractivity contribution in [2.24, 2.45) is 0 Å². The second-order valence-corrected chi connectivity index (χ2v) is 4.23. The number of aryl methyl sites for hydroxylation is 1. The largest absolute Gasteiger partial charge is 0.492 e. The zero-order chi connectivity index (χ0) is 12.5. The molecule has 2 nitrogen and oxygen atoms in total. The van der Waals surface area contributed by atoms with E-state index in [1.807, 2.05) is 6.07 Å². The average molecular weight is 235 g/mol. The molecule has 0 heterocycles. The van der Waals surface area contributed by atoms with Crippen molar-refractivity contribution in [3.63, 3.8) is 0 Å². The molecular weight excluding hydrogens is 210 g/mol. The first-order valence-corrected chi connectivity index (χ1v) is 6.74. The van der Waals surface area contributed by atoms with Crippen LogP contribution in [0.25, 0.3) is 0 Å². The fourth-order valence-electron chi connectivity index (χ4n) is 1.95. The van der Waals surface area contributed by atoms with Crippen LogP contribution in [0.2, 0.25) is 0 Å². The molecular formula is C15H25NO. The van der Waals surface area contributed by atoms with E-state index in [9.17, 15) is 0 Å². The van der Waals surface area contributed by atoms with Gasteiger partial charge in [-0.15, -0.1) is 0 Å². The molecule has 0 aromatic heterocycles. The number of hydrogen-bond donors (Lipinski definition) is 0. The molecule has 1 aromatic rings. The number of benzene rings is 1. The number of likely N-dealkylation sites (N-methyl/N-ethyl adjacent to an activating group) is 1. The molecule has 0 atom stereocenters. The Balaban J connectivity index is 2.45. The third-order valence-corrected chi connectivity index (χ3v) is 3.05. The summed E-state index contributed by atoms with van der Waals surface area (Å²) < 4.78 is 5.88. The van der Waals surface area contributed by atoms with E-state index >= 15 is 0 Å². The van der Waals surface area contributed by atoms with Crippen LogP contribution in [0.15, 0.2) is 24.3 Å². The highest BCUT2D eigenvalue weighted by Crippen LogP contribution is 2.19. The molecule has 17 heavy (non-hydrogen) atoms. The molecule has 2 heteroatoms. The summed E-state index contributed by atoms with van der Waals surface area (Å²) in [6, 6.07) is 8.37. The SMILES string of the molecule is CCCc1ccccc1OCCN(CC)CC. The van der Waals surface area contributed by atoms with Crippen molar-refractivity contribution in [3.8, 4) is 5.75 Å². The van der Waals surface area contributed by atoms with E-state index in [1.54, 1.807) is 0 Å². The summed E-state index contributed by atoms with van der Waals surface area (Å²) in [7, 11) is 0. The molecule has 0 saturated carbocycles. The first kappa shape index (κ1) is 14.0. The van der Waals surface area contributed by atoms with Crippen LogP contribution >= 0.6 is 0 Å². The molecule has 0 saturated heterocycles. The summed E-state index contributed by atoms with van der Waals surface area (Å²) in [6.07, 6.45) is 2.26. The van der Waals surface area contributed by atoms with E-state index in [4.69, 9.17) is 4.74 Å². The lowest BCUT2D eigenvalue weighted by Gasteiger charge is -2.18. The quantitative estimate of drug-likeness (QED) is 0.685. The second kappa shape index (κ2) is 8.13. The summed E-state index contributed by atoms with van der Waals surface area (Å²) in [5, 5.41) is 0. The van der Waals surface area contributed by atoms with Gasteiger partial charge in [-0.05, 0) is 31.1 Å². The number of rotatable bonds is 8. The van der Waals surface area contributed by atoms with Gasteiger partial charge in [0.15, 0.2) is 0 Å². The topological polar surface area (TPSA) is 12.5 Å². The summed E-state index contributed by atoms with van der Waals surface area (Å²) in [6.45, 7) is 10.6.